The molecule has 1 aliphatic carbocycles. The summed E-state index contributed by atoms with van der Waals surface area (Å²) in [5.74, 6) is -1.24. The van der Waals surface area contributed by atoms with Crippen LogP contribution in [0.25, 0.3) is 0 Å². The molecule has 92 valence electrons. The molecule has 6 heteroatoms. The number of carboxylic acid groups (broad SMARTS) is 1. The molecule has 0 radical (unpaired) electrons. The maximum Gasteiger partial charge on any atom is 0.328 e. The largest absolute Gasteiger partial charge is 0.480 e. The fourth-order valence-electron chi connectivity index (χ4n) is 1.83. The van der Waals surface area contributed by atoms with Crippen LogP contribution in [0.5, 0.6) is 0 Å². The second-order valence-corrected chi connectivity index (χ2v) is 4.16. The molecular formula is C10H18N2O4. The third-order valence-corrected chi connectivity index (χ3v) is 2.73. The number of aliphatic hydroxyl groups excluding tert-OH is 1. The van der Waals surface area contributed by atoms with Gasteiger partial charge >= 0.3 is 12.0 Å². The molecule has 4 N–H and O–H groups in total. The fourth-order valence-corrected chi connectivity index (χ4v) is 1.83. The van der Waals surface area contributed by atoms with Crippen molar-refractivity contribution < 1.29 is 19.8 Å². The van der Waals surface area contributed by atoms with E-state index >= 15 is 0 Å². The van der Waals surface area contributed by atoms with Gasteiger partial charge in [-0.3, -0.25) is 0 Å². The molecule has 1 fully saturated rings. The topological polar surface area (TPSA) is 98.7 Å². The van der Waals surface area contributed by atoms with Crippen LogP contribution in [0.3, 0.4) is 0 Å². The molecule has 0 heterocycles. The van der Waals surface area contributed by atoms with Crippen LogP contribution in [0.15, 0.2) is 0 Å². The van der Waals surface area contributed by atoms with Gasteiger partial charge in [0.25, 0.3) is 0 Å². The van der Waals surface area contributed by atoms with E-state index in [0.717, 1.165) is 25.7 Å². The van der Waals surface area contributed by atoms with Crippen molar-refractivity contribution in [1.29, 1.82) is 0 Å². The minimum atomic E-state index is -1.26. The summed E-state index contributed by atoms with van der Waals surface area (Å²) in [6.45, 7) is 1.33. The van der Waals surface area contributed by atoms with Gasteiger partial charge in [-0.05, 0) is 19.8 Å². The van der Waals surface area contributed by atoms with Crippen molar-refractivity contribution in [1.82, 2.24) is 10.6 Å². The number of urea groups is 1. The van der Waals surface area contributed by atoms with Crippen molar-refractivity contribution in [3.63, 3.8) is 0 Å². The number of amides is 2. The molecule has 16 heavy (non-hydrogen) atoms. The number of aliphatic carboxylic acids is 1. The van der Waals surface area contributed by atoms with E-state index in [9.17, 15) is 9.59 Å². The summed E-state index contributed by atoms with van der Waals surface area (Å²) in [4.78, 5) is 22.1. The smallest absolute Gasteiger partial charge is 0.328 e. The van der Waals surface area contributed by atoms with Crippen LogP contribution in [-0.2, 0) is 4.79 Å². The van der Waals surface area contributed by atoms with Gasteiger partial charge in [0.15, 0.2) is 6.04 Å². The van der Waals surface area contributed by atoms with Crippen molar-refractivity contribution in [3.8, 4) is 0 Å². The highest BCUT2D eigenvalue weighted by Crippen LogP contribution is 2.17. The standard InChI is InChI=1S/C10H18N2O4/c1-6(13)8(9(14)15)12-10(16)11-7-4-2-3-5-7/h6-8,13H,2-5H2,1H3,(H,14,15)(H2,11,12,16). The molecule has 1 saturated carbocycles. The SMILES string of the molecule is CC(O)C(NC(=O)NC1CCCC1)C(=O)O. The molecule has 0 aliphatic heterocycles. The van der Waals surface area contributed by atoms with E-state index in [0.29, 0.717) is 0 Å². The average molecular weight is 230 g/mol. The molecule has 2 amide bonds. The molecule has 2 unspecified atom stereocenters. The number of carboxylic acids is 1. The van der Waals surface area contributed by atoms with Crippen LogP contribution in [0, 0.1) is 0 Å². The van der Waals surface area contributed by atoms with Crippen molar-refractivity contribution in [2.45, 2.75) is 50.8 Å². The Labute approximate surface area is 94.0 Å². The van der Waals surface area contributed by atoms with Gasteiger partial charge in [-0.2, -0.15) is 0 Å². The Morgan fingerprint density at radius 2 is 1.88 bits per heavy atom. The first kappa shape index (κ1) is 12.8. The Hall–Kier alpha value is -1.30. The second-order valence-electron chi connectivity index (χ2n) is 4.16. The van der Waals surface area contributed by atoms with E-state index in [1.54, 1.807) is 0 Å². The first-order valence-electron chi connectivity index (χ1n) is 5.48. The average Bonchev–Trinajstić information content (AvgIpc) is 2.65. The number of carbonyl (C=O) groups is 2. The van der Waals surface area contributed by atoms with Gasteiger partial charge in [0.1, 0.15) is 0 Å². The molecule has 0 saturated heterocycles. The monoisotopic (exact) mass is 230 g/mol. The van der Waals surface area contributed by atoms with Crippen LogP contribution < -0.4 is 10.6 Å². The minimum Gasteiger partial charge on any atom is -0.480 e. The summed E-state index contributed by atoms with van der Waals surface area (Å²) in [6.07, 6.45) is 2.92. The van der Waals surface area contributed by atoms with Gasteiger partial charge in [-0.15, -0.1) is 0 Å². The molecule has 0 aromatic rings. The molecule has 0 aromatic heterocycles. The highest BCUT2D eigenvalue weighted by molar-refractivity contribution is 5.83. The Kier molecular flexibility index (Phi) is 4.54. The van der Waals surface area contributed by atoms with Gasteiger partial charge in [-0.25, -0.2) is 9.59 Å². The molecule has 1 rings (SSSR count). The number of carbonyl (C=O) groups excluding carboxylic acids is 1. The second kappa shape index (κ2) is 5.69. The summed E-state index contributed by atoms with van der Waals surface area (Å²) >= 11 is 0. The quantitative estimate of drug-likeness (QED) is 0.549. The Morgan fingerprint density at radius 3 is 2.31 bits per heavy atom. The van der Waals surface area contributed by atoms with Gasteiger partial charge in [-0.1, -0.05) is 12.8 Å². The lowest BCUT2D eigenvalue weighted by molar-refractivity contribution is -0.141. The zero-order valence-electron chi connectivity index (χ0n) is 9.27. The maximum absolute atomic E-state index is 11.4. The minimum absolute atomic E-state index is 0.128. The Bertz CT molecular complexity index is 262. The lowest BCUT2D eigenvalue weighted by Gasteiger charge is -2.19. The van der Waals surface area contributed by atoms with Crippen LogP contribution in [0.2, 0.25) is 0 Å². The molecule has 1 aliphatic rings. The highest BCUT2D eigenvalue weighted by Gasteiger charge is 2.26. The third kappa shape index (κ3) is 3.69. The van der Waals surface area contributed by atoms with Gasteiger partial charge in [0.05, 0.1) is 6.10 Å². The lowest BCUT2D eigenvalue weighted by Crippen LogP contribution is -2.52. The molecule has 0 bridgehead atoms. The fraction of sp³-hybridized carbons (Fsp3) is 0.800. The van der Waals surface area contributed by atoms with Crippen LogP contribution >= 0.6 is 0 Å². The van der Waals surface area contributed by atoms with Crippen molar-refractivity contribution in [3.05, 3.63) is 0 Å². The van der Waals surface area contributed by atoms with Crippen molar-refractivity contribution in [2.75, 3.05) is 0 Å². The normalized spacial score (nSPS) is 20.1. The van der Waals surface area contributed by atoms with Crippen LogP contribution in [0.4, 0.5) is 4.79 Å². The predicted molar refractivity (Wildman–Crippen MR) is 57.0 cm³/mol. The van der Waals surface area contributed by atoms with E-state index in [1.807, 2.05) is 0 Å². The third-order valence-electron chi connectivity index (χ3n) is 2.73. The predicted octanol–water partition coefficient (Wildman–Crippen LogP) is 0.0622. The molecule has 0 spiro atoms. The van der Waals surface area contributed by atoms with Crippen molar-refractivity contribution in [2.24, 2.45) is 0 Å². The van der Waals surface area contributed by atoms with E-state index < -0.39 is 24.1 Å². The van der Waals surface area contributed by atoms with Gasteiger partial charge < -0.3 is 20.8 Å². The van der Waals surface area contributed by atoms with E-state index in [-0.39, 0.29) is 6.04 Å². The summed E-state index contributed by atoms with van der Waals surface area (Å²) in [7, 11) is 0. The molecule has 2 atom stereocenters. The number of nitrogens with one attached hydrogen (secondary N) is 2. The zero-order chi connectivity index (χ0) is 12.1. The summed E-state index contributed by atoms with van der Waals surface area (Å²) in [5, 5.41) is 22.9. The Balaban J connectivity index is 2.38. The van der Waals surface area contributed by atoms with E-state index in [4.69, 9.17) is 10.2 Å². The maximum atomic E-state index is 11.4. The molecule has 0 aromatic carbocycles. The number of rotatable bonds is 4. The van der Waals surface area contributed by atoms with Gasteiger partial charge in [0.2, 0.25) is 0 Å². The summed E-state index contributed by atoms with van der Waals surface area (Å²) in [6, 6.07) is -1.66. The lowest BCUT2D eigenvalue weighted by atomic mass is 10.2. The first-order valence-corrected chi connectivity index (χ1v) is 5.48. The summed E-state index contributed by atoms with van der Waals surface area (Å²) < 4.78 is 0. The van der Waals surface area contributed by atoms with Gasteiger partial charge in [0, 0.05) is 6.04 Å². The van der Waals surface area contributed by atoms with E-state index in [2.05, 4.69) is 10.6 Å². The number of aliphatic hydroxyl groups is 1. The molecule has 6 nitrogen and oxygen atoms in total. The van der Waals surface area contributed by atoms with Crippen LogP contribution in [0.1, 0.15) is 32.6 Å². The first-order chi connectivity index (χ1) is 7.50. The number of hydrogen-bond donors (Lipinski definition) is 4. The Morgan fingerprint density at radius 1 is 1.31 bits per heavy atom. The van der Waals surface area contributed by atoms with Crippen LogP contribution in [-0.4, -0.2) is 40.4 Å². The number of hydrogen-bond acceptors (Lipinski definition) is 3. The summed E-state index contributed by atoms with van der Waals surface area (Å²) in [5.41, 5.74) is 0. The zero-order valence-corrected chi connectivity index (χ0v) is 9.27. The van der Waals surface area contributed by atoms with E-state index in [1.165, 1.54) is 6.92 Å². The molecular weight excluding hydrogens is 212 g/mol. The highest BCUT2D eigenvalue weighted by atomic mass is 16.4. The van der Waals surface area contributed by atoms with Crippen molar-refractivity contribution >= 4 is 12.0 Å².